The summed E-state index contributed by atoms with van der Waals surface area (Å²) in [6, 6.07) is 7.62. The number of anilines is 1. The third kappa shape index (κ3) is 4.98. The van der Waals surface area contributed by atoms with Crippen LogP contribution in [0.3, 0.4) is 0 Å². The minimum atomic E-state index is -0.225. The maximum Gasteiger partial charge on any atom is 0.247 e. The van der Waals surface area contributed by atoms with E-state index in [2.05, 4.69) is 25.7 Å². The van der Waals surface area contributed by atoms with Crippen LogP contribution < -0.4 is 5.32 Å². The molecule has 3 rings (SSSR count). The number of likely N-dealkylation sites (tertiary alicyclic amines) is 1. The van der Waals surface area contributed by atoms with Gasteiger partial charge in [-0.1, -0.05) is 18.7 Å². The summed E-state index contributed by atoms with van der Waals surface area (Å²) in [6.07, 6.45) is 5.66. The van der Waals surface area contributed by atoms with Gasteiger partial charge >= 0.3 is 0 Å². The van der Waals surface area contributed by atoms with Gasteiger partial charge in [0.2, 0.25) is 11.8 Å². The van der Waals surface area contributed by atoms with Crippen LogP contribution in [-0.4, -0.2) is 42.0 Å². The lowest BCUT2D eigenvalue weighted by molar-refractivity contribution is -0.133. The molecule has 0 unspecified atom stereocenters. The van der Waals surface area contributed by atoms with Crippen LogP contribution in [0.1, 0.15) is 45.1 Å². The van der Waals surface area contributed by atoms with E-state index in [1.165, 1.54) is 6.08 Å². The molecule has 1 aromatic rings. The molecule has 1 N–H and O–H groups in total. The van der Waals surface area contributed by atoms with Gasteiger partial charge in [-0.15, -0.1) is 0 Å². The van der Waals surface area contributed by atoms with Gasteiger partial charge in [0.25, 0.3) is 0 Å². The second-order valence-electron chi connectivity index (χ2n) is 8.50. The van der Waals surface area contributed by atoms with Gasteiger partial charge in [0, 0.05) is 25.2 Å². The minimum Gasteiger partial charge on any atom is -0.375 e. The molecular formula is C22H30N2O3. The van der Waals surface area contributed by atoms with Gasteiger partial charge in [0.15, 0.2) is 0 Å². The largest absolute Gasteiger partial charge is 0.375 e. The van der Waals surface area contributed by atoms with Crippen LogP contribution in [-0.2, 0) is 20.7 Å². The van der Waals surface area contributed by atoms with Crippen molar-refractivity contribution < 1.29 is 14.3 Å². The molecule has 2 aliphatic heterocycles. The van der Waals surface area contributed by atoms with Crippen molar-refractivity contribution in [1.82, 2.24) is 4.90 Å². The Morgan fingerprint density at radius 1 is 1.22 bits per heavy atom. The molecule has 1 aromatic carbocycles. The Balaban J connectivity index is 1.45. The number of piperidine rings is 1. The van der Waals surface area contributed by atoms with Crippen LogP contribution in [0.4, 0.5) is 5.69 Å². The Morgan fingerprint density at radius 2 is 1.89 bits per heavy atom. The average Bonchev–Trinajstić information content (AvgIpc) is 2.95. The number of hydrogen-bond donors (Lipinski definition) is 1. The molecule has 2 saturated heterocycles. The number of aryl methyl sites for hydroxylation is 1. The monoisotopic (exact) mass is 370 g/mol. The lowest BCUT2D eigenvalue weighted by Crippen LogP contribution is -2.43. The Labute approximate surface area is 161 Å². The van der Waals surface area contributed by atoms with Crippen molar-refractivity contribution in [2.75, 3.05) is 25.0 Å². The van der Waals surface area contributed by atoms with Crippen LogP contribution in [0.5, 0.6) is 0 Å². The van der Waals surface area contributed by atoms with Gasteiger partial charge in [0.05, 0.1) is 12.2 Å². The van der Waals surface area contributed by atoms with Crippen molar-refractivity contribution in [3.8, 4) is 0 Å². The number of rotatable bonds is 5. The Hall–Kier alpha value is -2.14. The van der Waals surface area contributed by atoms with Gasteiger partial charge in [-0.3, -0.25) is 9.59 Å². The molecule has 0 radical (unpaired) electrons. The second kappa shape index (κ2) is 7.85. The third-order valence-corrected chi connectivity index (χ3v) is 5.78. The Bertz CT molecular complexity index is 701. The molecule has 27 heavy (non-hydrogen) atoms. The van der Waals surface area contributed by atoms with E-state index in [1.54, 1.807) is 0 Å². The fourth-order valence-electron chi connectivity index (χ4n) is 4.26. The van der Waals surface area contributed by atoms with Crippen LogP contribution in [0.15, 0.2) is 36.9 Å². The first-order valence-corrected chi connectivity index (χ1v) is 9.75. The Kier molecular flexibility index (Phi) is 5.70. The summed E-state index contributed by atoms with van der Waals surface area (Å²) in [5, 5.41) is 2.72. The van der Waals surface area contributed by atoms with Crippen LogP contribution >= 0.6 is 0 Å². The highest BCUT2D eigenvalue weighted by molar-refractivity contribution is 5.98. The van der Waals surface area contributed by atoms with Gasteiger partial charge in [-0.2, -0.15) is 0 Å². The van der Waals surface area contributed by atoms with Gasteiger partial charge in [-0.25, -0.2) is 0 Å². The van der Waals surface area contributed by atoms with Gasteiger partial charge in [-0.05, 0) is 68.7 Å². The topological polar surface area (TPSA) is 58.6 Å². The summed E-state index contributed by atoms with van der Waals surface area (Å²) in [5.74, 6) is 0.00362. The molecule has 0 aromatic heterocycles. The fourth-order valence-corrected chi connectivity index (χ4v) is 4.26. The molecule has 0 saturated carbocycles. The quantitative estimate of drug-likeness (QED) is 0.807. The molecule has 1 spiro atoms. The standard InChI is InChI=1S/C22H30N2O3/c1-4-19(25)23-18-8-5-17(6-9-18)7-10-20(26)24-13-11-22(12-14-24)15-21(2,3)27-16-22/h4-6,8-9H,1,7,10-16H2,2-3H3,(H,23,25). The number of carbonyl (C=O) groups excluding carboxylic acids is 2. The van der Waals surface area contributed by atoms with E-state index in [0.29, 0.717) is 12.8 Å². The first-order valence-electron chi connectivity index (χ1n) is 9.75. The number of amides is 2. The summed E-state index contributed by atoms with van der Waals surface area (Å²) in [4.78, 5) is 25.9. The van der Waals surface area contributed by atoms with E-state index in [4.69, 9.17) is 4.74 Å². The van der Waals surface area contributed by atoms with Crippen molar-refractivity contribution in [3.63, 3.8) is 0 Å². The summed E-state index contributed by atoms with van der Waals surface area (Å²) in [5.41, 5.74) is 2.08. The maximum atomic E-state index is 12.6. The van der Waals surface area contributed by atoms with Gasteiger partial charge in [0.1, 0.15) is 0 Å². The van der Waals surface area contributed by atoms with Crippen molar-refractivity contribution in [3.05, 3.63) is 42.5 Å². The number of nitrogens with zero attached hydrogens (tertiary/aromatic N) is 1. The Morgan fingerprint density at radius 3 is 2.44 bits per heavy atom. The van der Waals surface area contributed by atoms with Crippen LogP contribution in [0.25, 0.3) is 0 Å². The predicted molar refractivity (Wildman–Crippen MR) is 106 cm³/mol. The van der Waals surface area contributed by atoms with E-state index in [0.717, 1.165) is 50.2 Å². The molecule has 2 amide bonds. The first kappa shape index (κ1) is 19.6. The van der Waals surface area contributed by atoms with Crippen molar-refractivity contribution >= 4 is 17.5 Å². The molecule has 5 heteroatoms. The van der Waals surface area contributed by atoms with E-state index < -0.39 is 0 Å². The van der Waals surface area contributed by atoms with E-state index in [1.807, 2.05) is 29.2 Å². The smallest absolute Gasteiger partial charge is 0.247 e. The predicted octanol–water partition coefficient (Wildman–Crippen LogP) is 3.55. The number of carbonyl (C=O) groups is 2. The highest BCUT2D eigenvalue weighted by Gasteiger charge is 2.46. The van der Waals surface area contributed by atoms with E-state index >= 15 is 0 Å². The zero-order valence-electron chi connectivity index (χ0n) is 16.4. The summed E-state index contributed by atoms with van der Waals surface area (Å²) in [6.45, 7) is 10.3. The van der Waals surface area contributed by atoms with E-state index in [-0.39, 0.29) is 22.8 Å². The number of hydrogen-bond acceptors (Lipinski definition) is 3. The molecule has 2 heterocycles. The van der Waals surface area contributed by atoms with E-state index in [9.17, 15) is 9.59 Å². The van der Waals surface area contributed by atoms with Crippen molar-refractivity contribution in [2.24, 2.45) is 5.41 Å². The highest BCUT2D eigenvalue weighted by atomic mass is 16.5. The summed E-state index contributed by atoms with van der Waals surface area (Å²) >= 11 is 0. The normalized spacial score (nSPS) is 20.4. The molecule has 2 aliphatic rings. The molecule has 0 atom stereocenters. The fraction of sp³-hybridized carbons (Fsp3) is 0.545. The third-order valence-electron chi connectivity index (χ3n) is 5.78. The lowest BCUT2D eigenvalue weighted by Gasteiger charge is -2.39. The number of nitrogens with one attached hydrogen (secondary N) is 1. The highest BCUT2D eigenvalue weighted by Crippen LogP contribution is 2.46. The molecule has 2 fully saturated rings. The molecule has 0 bridgehead atoms. The summed E-state index contributed by atoms with van der Waals surface area (Å²) in [7, 11) is 0. The second-order valence-corrected chi connectivity index (χ2v) is 8.50. The zero-order chi connectivity index (χ0) is 19.5. The van der Waals surface area contributed by atoms with Crippen molar-refractivity contribution in [1.29, 1.82) is 0 Å². The van der Waals surface area contributed by atoms with Gasteiger partial charge < -0.3 is 15.0 Å². The zero-order valence-corrected chi connectivity index (χ0v) is 16.4. The van der Waals surface area contributed by atoms with Crippen LogP contribution in [0.2, 0.25) is 0 Å². The van der Waals surface area contributed by atoms with Crippen molar-refractivity contribution in [2.45, 2.75) is 51.6 Å². The number of ether oxygens (including phenoxy) is 1. The number of benzene rings is 1. The average molecular weight is 370 g/mol. The molecule has 0 aliphatic carbocycles. The lowest BCUT2D eigenvalue weighted by atomic mass is 9.74. The minimum absolute atomic E-state index is 0.0243. The molecule has 5 nitrogen and oxygen atoms in total. The molecule has 146 valence electrons. The SMILES string of the molecule is C=CC(=O)Nc1ccc(CCC(=O)N2CCC3(CC2)COC(C)(C)C3)cc1. The van der Waals surface area contributed by atoms with Crippen LogP contribution in [0, 0.1) is 5.41 Å². The first-order chi connectivity index (χ1) is 12.8. The molecular weight excluding hydrogens is 340 g/mol. The maximum absolute atomic E-state index is 12.6. The summed E-state index contributed by atoms with van der Waals surface area (Å²) < 4.78 is 5.94.